The van der Waals surface area contributed by atoms with E-state index in [1.165, 1.54) is 0 Å². The summed E-state index contributed by atoms with van der Waals surface area (Å²) in [6, 6.07) is 7.73. The molecule has 18 heavy (non-hydrogen) atoms. The first-order chi connectivity index (χ1) is 8.57. The van der Waals surface area contributed by atoms with Crippen molar-refractivity contribution < 1.29 is 13.2 Å². The van der Waals surface area contributed by atoms with Crippen LogP contribution in [0.2, 0.25) is 0 Å². The summed E-state index contributed by atoms with van der Waals surface area (Å²) >= 11 is 0. The van der Waals surface area contributed by atoms with Gasteiger partial charge in [0.25, 0.3) is 0 Å². The Morgan fingerprint density at radius 3 is 2.72 bits per heavy atom. The van der Waals surface area contributed by atoms with E-state index in [1.54, 1.807) is 14.0 Å². The van der Waals surface area contributed by atoms with Gasteiger partial charge in [0, 0.05) is 23.9 Å². The topological polar surface area (TPSA) is 48.3 Å². The number of hydrogen-bond donors (Lipinski definition) is 0. The van der Waals surface area contributed by atoms with Crippen molar-refractivity contribution in [1.82, 2.24) is 4.57 Å². The van der Waals surface area contributed by atoms with E-state index in [0.717, 1.165) is 16.7 Å². The first-order valence-corrected chi connectivity index (χ1v) is 7.72. The number of rotatable bonds is 5. The van der Waals surface area contributed by atoms with Crippen LogP contribution in [0.5, 0.6) is 5.75 Å². The molecule has 0 aliphatic heterocycles. The molecule has 0 fully saturated rings. The molecule has 2 rings (SSSR count). The number of aryl methyl sites for hydroxylation is 1. The van der Waals surface area contributed by atoms with E-state index in [4.69, 9.17) is 4.74 Å². The zero-order chi connectivity index (χ0) is 13.2. The van der Waals surface area contributed by atoms with Gasteiger partial charge in [-0.25, -0.2) is 8.42 Å². The number of fused-ring (bicyclic) bond motifs is 1. The zero-order valence-electron chi connectivity index (χ0n) is 10.6. The van der Waals surface area contributed by atoms with Crippen LogP contribution in [0.15, 0.2) is 30.5 Å². The fourth-order valence-electron chi connectivity index (χ4n) is 1.95. The molecular weight excluding hydrogens is 250 g/mol. The maximum atomic E-state index is 11.5. The van der Waals surface area contributed by atoms with Gasteiger partial charge in [-0.15, -0.1) is 0 Å². The summed E-state index contributed by atoms with van der Waals surface area (Å²) in [6.45, 7) is 2.15. The monoisotopic (exact) mass is 267 g/mol. The lowest BCUT2D eigenvalue weighted by molar-refractivity contribution is 0.420. The number of benzene rings is 1. The van der Waals surface area contributed by atoms with Gasteiger partial charge in [0.1, 0.15) is 5.75 Å². The van der Waals surface area contributed by atoms with Gasteiger partial charge < -0.3 is 9.30 Å². The van der Waals surface area contributed by atoms with Gasteiger partial charge in [-0.1, -0.05) is 13.0 Å². The predicted molar refractivity (Wildman–Crippen MR) is 72.8 cm³/mol. The van der Waals surface area contributed by atoms with Crippen LogP contribution in [-0.2, 0) is 16.4 Å². The number of methoxy groups -OCH3 is 1. The summed E-state index contributed by atoms with van der Waals surface area (Å²) in [4.78, 5) is 0. The number of nitrogens with zero attached hydrogens (tertiary/aromatic N) is 1. The molecule has 2 aromatic rings. The molecule has 0 aliphatic rings. The van der Waals surface area contributed by atoms with Crippen molar-refractivity contribution in [1.29, 1.82) is 0 Å². The fraction of sp³-hybridized carbons (Fsp3) is 0.385. The van der Waals surface area contributed by atoms with E-state index in [2.05, 4.69) is 0 Å². The first kappa shape index (κ1) is 13.0. The Balaban J connectivity index is 2.30. The highest BCUT2D eigenvalue weighted by Crippen LogP contribution is 2.26. The summed E-state index contributed by atoms with van der Waals surface area (Å²) in [5, 5.41) is 1.01. The third-order valence-corrected chi connectivity index (χ3v) is 4.76. The normalized spacial score (nSPS) is 11.9. The summed E-state index contributed by atoms with van der Waals surface area (Å²) in [5.74, 6) is 1.17. The molecule has 1 heterocycles. The average Bonchev–Trinajstić information content (AvgIpc) is 2.79. The van der Waals surface area contributed by atoms with Crippen molar-refractivity contribution in [2.75, 3.05) is 18.6 Å². The molecule has 0 N–H and O–H groups in total. The van der Waals surface area contributed by atoms with Gasteiger partial charge in [-0.05, 0) is 18.2 Å². The number of sulfone groups is 1. The van der Waals surface area contributed by atoms with E-state index in [1.807, 2.05) is 35.0 Å². The molecule has 0 bridgehead atoms. The minimum absolute atomic E-state index is 0.171. The molecule has 0 atom stereocenters. The summed E-state index contributed by atoms with van der Waals surface area (Å²) in [5.41, 5.74) is 1.00. The average molecular weight is 267 g/mol. The molecule has 5 heteroatoms. The van der Waals surface area contributed by atoms with Crippen molar-refractivity contribution in [3.63, 3.8) is 0 Å². The van der Waals surface area contributed by atoms with E-state index in [9.17, 15) is 8.42 Å². The van der Waals surface area contributed by atoms with Crippen LogP contribution in [0, 0.1) is 0 Å². The molecule has 0 radical (unpaired) electrons. The van der Waals surface area contributed by atoms with E-state index in [-0.39, 0.29) is 11.5 Å². The smallest absolute Gasteiger partial charge is 0.151 e. The zero-order valence-corrected chi connectivity index (χ0v) is 11.4. The van der Waals surface area contributed by atoms with Gasteiger partial charge in [-0.2, -0.15) is 0 Å². The van der Waals surface area contributed by atoms with Crippen LogP contribution in [0.25, 0.3) is 10.9 Å². The molecule has 0 aliphatic carbocycles. The van der Waals surface area contributed by atoms with Crippen LogP contribution in [0.3, 0.4) is 0 Å². The fourth-order valence-corrected chi connectivity index (χ4v) is 2.71. The molecule has 0 saturated carbocycles. The minimum Gasteiger partial charge on any atom is -0.496 e. The van der Waals surface area contributed by atoms with Gasteiger partial charge in [-0.3, -0.25) is 0 Å². The molecular formula is C13H17NO3S. The summed E-state index contributed by atoms with van der Waals surface area (Å²) in [7, 11) is -1.30. The molecule has 0 unspecified atom stereocenters. The van der Waals surface area contributed by atoms with Crippen molar-refractivity contribution in [2.24, 2.45) is 0 Å². The van der Waals surface area contributed by atoms with Crippen molar-refractivity contribution in [3.8, 4) is 5.75 Å². The van der Waals surface area contributed by atoms with Crippen LogP contribution >= 0.6 is 0 Å². The Labute approximate surface area is 107 Å². The van der Waals surface area contributed by atoms with Crippen molar-refractivity contribution in [3.05, 3.63) is 30.5 Å². The van der Waals surface area contributed by atoms with Gasteiger partial charge in [0.2, 0.25) is 0 Å². The second kappa shape index (κ2) is 5.02. The number of hydrogen-bond acceptors (Lipinski definition) is 3. The maximum absolute atomic E-state index is 11.5. The lowest BCUT2D eigenvalue weighted by Gasteiger charge is -2.06. The molecule has 0 saturated heterocycles. The van der Waals surface area contributed by atoms with Gasteiger partial charge in [0.15, 0.2) is 9.84 Å². The molecule has 1 aromatic heterocycles. The van der Waals surface area contributed by atoms with Crippen molar-refractivity contribution >= 4 is 20.7 Å². The number of ether oxygens (including phenoxy) is 1. The van der Waals surface area contributed by atoms with Gasteiger partial charge in [0.05, 0.1) is 18.4 Å². The summed E-state index contributed by atoms with van der Waals surface area (Å²) < 4.78 is 30.3. The van der Waals surface area contributed by atoms with Crippen LogP contribution < -0.4 is 4.74 Å². The van der Waals surface area contributed by atoms with Crippen molar-refractivity contribution in [2.45, 2.75) is 13.5 Å². The molecule has 98 valence electrons. The standard InChI is InChI=1S/C13H17NO3S/c1-3-18(15,16)10-9-14-8-7-11-12(14)5-4-6-13(11)17-2/h4-8H,3,9-10H2,1-2H3. The third-order valence-electron chi connectivity index (χ3n) is 3.08. The predicted octanol–water partition coefficient (Wildman–Crippen LogP) is 2.08. The largest absolute Gasteiger partial charge is 0.496 e. The Morgan fingerprint density at radius 2 is 2.06 bits per heavy atom. The maximum Gasteiger partial charge on any atom is 0.151 e. The van der Waals surface area contributed by atoms with Gasteiger partial charge >= 0.3 is 0 Å². The Bertz CT molecular complexity index is 643. The highest BCUT2D eigenvalue weighted by atomic mass is 32.2. The Hall–Kier alpha value is -1.49. The highest BCUT2D eigenvalue weighted by Gasteiger charge is 2.10. The molecule has 0 spiro atoms. The van der Waals surface area contributed by atoms with Crippen LogP contribution in [0.1, 0.15) is 6.92 Å². The summed E-state index contributed by atoms with van der Waals surface area (Å²) in [6.07, 6.45) is 1.90. The number of aromatic nitrogens is 1. The highest BCUT2D eigenvalue weighted by molar-refractivity contribution is 7.91. The molecule has 1 aromatic carbocycles. The van der Waals surface area contributed by atoms with Crippen LogP contribution in [-0.4, -0.2) is 31.6 Å². The SMILES string of the molecule is CCS(=O)(=O)CCn1ccc2c(OC)cccc21. The minimum atomic E-state index is -2.93. The lowest BCUT2D eigenvalue weighted by atomic mass is 10.2. The Kier molecular flexibility index (Phi) is 3.61. The quantitative estimate of drug-likeness (QED) is 0.833. The second-order valence-electron chi connectivity index (χ2n) is 4.14. The second-order valence-corrected chi connectivity index (χ2v) is 6.61. The third kappa shape index (κ3) is 2.51. The first-order valence-electron chi connectivity index (χ1n) is 5.89. The van der Waals surface area contributed by atoms with E-state index >= 15 is 0 Å². The van der Waals surface area contributed by atoms with E-state index in [0.29, 0.717) is 6.54 Å². The molecule has 0 amide bonds. The van der Waals surface area contributed by atoms with Crippen LogP contribution in [0.4, 0.5) is 0 Å². The molecule has 4 nitrogen and oxygen atoms in total. The van der Waals surface area contributed by atoms with E-state index < -0.39 is 9.84 Å². The Morgan fingerprint density at radius 1 is 1.28 bits per heavy atom. The lowest BCUT2D eigenvalue weighted by Crippen LogP contribution is -2.14.